The first-order chi connectivity index (χ1) is 12.9. The van der Waals surface area contributed by atoms with Gasteiger partial charge in [0.25, 0.3) is 0 Å². The molecule has 8 heteroatoms. The number of halogens is 1. The molecular formula is C20H21ClN5NaO. The quantitative estimate of drug-likeness (QED) is 0.517. The van der Waals surface area contributed by atoms with Crippen molar-refractivity contribution in [1.82, 2.24) is 24.7 Å². The molecule has 0 aliphatic heterocycles. The molecule has 0 aliphatic carbocycles. The summed E-state index contributed by atoms with van der Waals surface area (Å²) < 4.78 is 7.41. The zero-order chi connectivity index (χ0) is 19.2. The first-order valence-corrected chi connectivity index (χ1v) is 9.00. The summed E-state index contributed by atoms with van der Waals surface area (Å²) in [6.45, 7) is 6.31. The number of aromatic nitrogens is 5. The van der Waals surface area contributed by atoms with E-state index in [1.807, 2.05) is 41.2 Å². The molecule has 0 amide bonds. The van der Waals surface area contributed by atoms with Gasteiger partial charge < -0.3 is 9.72 Å². The summed E-state index contributed by atoms with van der Waals surface area (Å²) in [6.07, 6.45) is 3.78. The van der Waals surface area contributed by atoms with E-state index in [1.54, 1.807) is 13.3 Å². The van der Waals surface area contributed by atoms with Crippen molar-refractivity contribution >= 4 is 52.2 Å². The molecule has 28 heavy (non-hydrogen) atoms. The van der Waals surface area contributed by atoms with Crippen molar-refractivity contribution in [3.63, 3.8) is 0 Å². The average Bonchev–Trinajstić information content (AvgIpc) is 3.27. The van der Waals surface area contributed by atoms with Gasteiger partial charge in [-0.15, -0.1) is 0 Å². The van der Waals surface area contributed by atoms with Gasteiger partial charge in [-0.2, -0.15) is 5.10 Å². The summed E-state index contributed by atoms with van der Waals surface area (Å²) >= 11 is 6.33. The number of rotatable bonds is 3. The molecule has 140 valence electrons. The molecule has 0 bridgehead atoms. The van der Waals surface area contributed by atoms with Crippen molar-refractivity contribution in [3.05, 3.63) is 47.7 Å². The molecule has 1 N–H and O–H groups in total. The van der Waals surface area contributed by atoms with Gasteiger partial charge in [0.2, 0.25) is 5.88 Å². The number of imidazole rings is 1. The van der Waals surface area contributed by atoms with Gasteiger partial charge in [0, 0.05) is 16.8 Å². The van der Waals surface area contributed by atoms with E-state index in [-0.39, 0.29) is 35.1 Å². The van der Waals surface area contributed by atoms with E-state index < -0.39 is 0 Å². The van der Waals surface area contributed by atoms with Crippen molar-refractivity contribution in [2.45, 2.75) is 26.3 Å². The third-order valence-electron chi connectivity index (χ3n) is 4.33. The van der Waals surface area contributed by atoms with Crippen LogP contribution in [-0.2, 0) is 5.54 Å². The van der Waals surface area contributed by atoms with Crippen LogP contribution in [0.4, 0.5) is 0 Å². The van der Waals surface area contributed by atoms with Crippen LogP contribution in [0.5, 0.6) is 5.88 Å². The van der Waals surface area contributed by atoms with Gasteiger partial charge in [0.1, 0.15) is 11.3 Å². The number of aromatic amines is 1. The topological polar surface area (TPSA) is 68.6 Å². The first kappa shape index (κ1) is 20.9. The second kappa shape index (κ2) is 7.87. The Morgan fingerprint density at radius 3 is 2.54 bits per heavy atom. The SMILES string of the molecule is COc1nc(-c2ccccc2Cl)cc2nc(-c3cnn(C(C)(C)C)c3)[nH]c12.[NaH]. The van der Waals surface area contributed by atoms with Gasteiger partial charge in [-0.25, -0.2) is 9.97 Å². The molecule has 3 aromatic heterocycles. The summed E-state index contributed by atoms with van der Waals surface area (Å²) in [4.78, 5) is 12.6. The number of nitrogens with zero attached hydrogens (tertiary/aromatic N) is 4. The van der Waals surface area contributed by atoms with Gasteiger partial charge in [0.15, 0.2) is 0 Å². The summed E-state index contributed by atoms with van der Waals surface area (Å²) in [5, 5.41) is 5.08. The third-order valence-corrected chi connectivity index (χ3v) is 4.66. The Kier molecular flexibility index (Phi) is 5.87. The molecule has 1 aromatic carbocycles. The number of benzene rings is 1. The minimum absolute atomic E-state index is 0. The monoisotopic (exact) mass is 405 g/mol. The fraction of sp³-hybridized carbons (Fsp3) is 0.250. The van der Waals surface area contributed by atoms with E-state index in [0.717, 1.165) is 28.0 Å². The maximum atomic E-state index is 6.33. The fourth-order valence-corrected chi connectivity index (χ4v) is 3.12. The van der Waals surface area contributed by atoms with Crippen LogP contribution in [0.3, 0.4) is 0 Å². The molecule has 0 fully saturated rings. The Morgan fingerprint density at radius 2 is 1.89 bits per heavy atom. The van der Waals surface area contributed by atoms with E-state index in [0.29, 0.717) is 16.6 Å². The van der Waals surface area contributed by atoms with Gasteiger partial charge in [-0.1, -0.05) is 29.8 Å². The Morgan fingerprint density at radius 1 is 1.14 bits per heavy atom. The number of hydrogen-bond donors (Lipinski definition) is 1. The summed E-state index contributed by atoms with van der Waals surface area (Å²) in [5.41, 5.74) is 3.86. The molecule has 4 aromatic rings. The zero-order valence-corrected chi connectivity index (χ0v) is 16.4. The number of methoxy groups -OCH3 is 1. The second-order valence-electron chi connectivity index (χ2n) is 7.32. The van der Waals surface area contributed by atoms with E-state index in [1.165, 1.54) is 0 Å². The summed E-state index contributed by atoms with van der Waals surface area (Å²) in [6, 6.07) is 9.49. The number of fused-ring (bicyclic) bond motifs is 1. The van der Waals surface area contributed by atoms with Crippen LogP contribution >= 0.6 is 11.6 Å². The molecular weight excluding hydrogens is 385 g/mol. The standard InChI is InChI=1S/C20H20ClN5O.Na.H/c1-20(2,3)26-11-12(10-22-26)18-23-16-9-15(13-7-5-6-8-14(13)21)24-19(27-4)17(16)25-18;;/h5-11H,1-4H3,(H,23,25);;. The third kappa shape index (κ3) is 3.82. The van der Waals surface area contributed by atoms with Crippen LogP contribution in [0.2, 0.25) is 5.02 Å². The van der Waals surface area contributed by atoms with E-state index in [9.17, 15) is 0 Å². The van der Waals surface area contributed by atoms with Crippen molar-refractivity contribution in [2.75, 3.05) is 7.11 Å². The normalized spacial score (nSPS) is 11.5. The second-order valence-corrected chi connectivity index (χ2v) is 7.73. The maximum absolute atomic E-state index is 6.33. The van der Waals surface area contributed by atoms with Crippen molar-refractivity contribution in [3.8, 4) is 28.5 Å². The number of pyridine rings is 1. The molecule has 0 spiro atoms. The zero-order valence-electron chi connectivity index (χ0n) is 15.6. The van der Waals surface area contributed by atoms with Crippen LogP contribution in [0.15, 0.2) is 42.7 Å². The molecule has 0 saturated carbocycles. The fourth-order valence-electron chi connectivity index (χ4n) is 2.88. The van der Waals surface area contributed by atoms with E-state index >= 15 is 0 Å². The van der Waals surface area contributed by atoms with Crippen LogP contribution in [0, 0.1) is 0 Å². The summed E-state index contributed by atoms with van der Waals surface area (Å²) in [5.74, 6) is 1.20. The predicted molar refractivity (Wildman–Crippen MR) is 114 cm³/mol. The van der Waals surface area contributed by atoms with Gasteiger partial charge in [-0.3, -0.25) is 4.68 Å². The van der Waals surface area contributed by atoms with Crippen molar-refractivity contribution < 1.29 is 4.74 Å². The van der Waals surface area contributed by atoms with E-state index in [2.05, 4.69) is 35.8 Å². The number of H-pyrrole nitrogens is 1. The van der Waals surface area contributed by atoms with Crippen LogP contribution in [-0.4, -0.2) is 61.4 Å². The van der Waals surface area contributed by atoms with Crippen molar-refractivity contribution in [2.24, 2.45) is 0 Å². The molecule has 0 aliphatic rings. The molecule has 0 unspecified atom stereocenters. The molecule has 4 rings (SSSR count). The molecule has 3 heterocycles. The first-order valence-electron chi connectivity index (χ1n) is 8.62. The molecule has 6 nitrogen and oxygen atoms in total. The Bertz CT molecular complexity index is 1130. The van der Waals surface area contributed by atoms with Crippen LogP contribution in [0.1, 0.15) is 20.8 Å². The Labute approximate surface area is 190 Å². The average molecular weight is 406 g/mol. The van der Waals surface area contributed by atoms with Crippen LogP contribution in [0.25, 0.3) is 33.7 Å². The number of nitrogens with one attached hydrogen (secondary N) is 1. The van der Waals surface area contributed by atoms with Crippen LogP contribution < -0.4 is 4.74 Å². The minimum atomic E-state index is -0.0965. The Balaban J connectivity index is 0.00000225. The van der Waals surface area contributed by atoms with E-state index in [4.69, 9.17) is 21.3 Å². The molecule has 0 saturated heterocycles. The molecule has 0 atom stereocenters. The Hall–Kier alpha value is -1.86. The summed E-state index contributed by atoms with van der Waals surface area (Å²) in [7, 11) is 1.59. The van der Waals surface area contributed by atoms with Gasteiger partial charge in [-0.05, 0) is 32.9 Å². The number of ether oxygens (including phenoxy) is 1. The predicted octanol–water partition coefficient (Wildman–Crippen LogP) is 4.26. The van der Waals surface area contributed by atoms with Gasteiger partial charge >= 0.3 is 29.6 Å². The van der Waals surface area contributed by atoms with Crippen molar-refractivity contribution in [1.29, 1.82) is 0 Å². The van der Waals surface area contributed by atoms with Gasteiger partial charge in [0.05, 0.1) is 35.6 Å². The molecule has 0 radical (unpaired) electrons. The number of hydrogen-bond acceptors (Lipinski definition) is 4.